The van der Waals surface area contributed by atoms with E-state index in [2.05, 4.69) is 20.1 Å². The number of unbranched alkanes of at least 4 members (excludes halogenated alkanes) is 2. The summed E-state index contributed by atoms with van der Waals surface area (Å²) < 4.78 is 54.5. The van der Waals surface area contributed by atoms with E-state index in [0.29, 0.717) is 28.2 Å². The van der Waals surface area contributed by atoms with Gasteiger partial charge in [-0.2, -0.15) is 0 Å². The molecule has 2 atom stereocenters. The highest BCUT2D eigenvalue weighted by Crippen LogP contribution is 2.41. The molecule has 13 nitrogen and oxygen atoms in total. The van der Waals surface area contributed by atoms with Crippen molar-refractivity contribution in [1.29, 1.82) is 0 Å². The van der Waals surface area contributed by atoms with Crippen LogP contribution >= 0.6 is 0 Å². The van der Waals surface area contributed by atoms with Crippen molar-refractivity contribution in [2.75, 3.05) is 39.6 Å². The van der Waals surface area contributed by atoms with E-state index in [9.17, 15) is 28.8 Å². The minimum Gasteiger partial charge on any atom is -0.493 e. The van der Waals surface area contributed by atoms with E-state index in [1.165, 1.54) is 53.4 Å². The van der Waals surface area contributed by atoms with Gasteiger partial charge in [-0.05, 0) is 120 Å². The third-order valence-electron chi connectivity index (χ3n) is 12.0. The van der Waals surface area contributed by atoms with Crippen LogP contribution in [0.25, 0.3) is 22.3 Å². The predicted octanol–water partition coefficient (Wildman–Crippen LogP) is 10.5. The van der Waals surface area contributed by atoms with Gasteiger partial charge < -0.3 is 33.2 Å². The van der Waals surface area contributed by atoms with Gasteiger partial charge in [0.1, 0.15) is 49.2 Å². The number of carbonyl (C=O) groups excluding carboxylic acids is 6. The van der Waals surface area contributed by atoms with Crippen molar-refractivity contribution < 1.29 is 66.3 Å². The zero-order valence-electron chi connectivity index (χ0n) is 40.6. The van der Waals surface area contributed by atoms with E-state index in [1.807, 2.05) is 6.07 Å². The molecule has 68 heavy (non-hydrogen) atoms. The second kappa shape index (κ2) is 26.3. The summed E-state index contributed by atoms with van der Waals surface area (Å²) in [4.78, 5) is 76.4. The highest BCUT2D eigenvalue weighted by Gasteiger charge is 2.40. The Hall–Kier alpha value is -6.31. The standard InChI is InChI=1S/C54H67FO13/c1-10-13-14-15-38-16-18-39(19-17-38)41-22-26-44(46(55)28-41)42-23-27-45(47(29-42)68-49(57)35(6)7)40-20-24-43(25-21-40)64-30-54(31-65-48(56)34(4)5,32-66-52(60)36(8)50(58)62-11-2)33-67-53(61)37(9)51(59)63-12-3/h20-29,36-39H,4,6,10-19,30-33H2,1-3,5,7-9H3. The van der Waals surface area contributed by atoms with E-state index >= 15 is 4.39 Å². The third-order valence-corrected chi connectivity index (χ3v) is 12.0. The van der Waals surface area contributed by atoms with Crippen LogP contribution in [0, 0.1) is 29.0 Å². The molecule has 1 saturated carbocycles. The molecule has 3 aromatic carbocycles. The van der Waals surface area contributed by atoms with Crippen molar-refractivity contribution in [2.24, 2.45) is 23.2 Å². The second-order valence-corrected chi connectivity index (χ2v) is 17.7. The van der Waals surface area contributed by atoms with Gasteiger partial charge >= 0.3 is 35.8 Å². The molecule has 0 saturated heterocycles. The summed E-state index contributed by atoms with van der Waals surface area (Å²) in [6.45, 7) is 16.3. The van der Waals surface area contributed by atoms with Crippen LogP contribution in [0.1, 0.15) is 111 Å². The highest BCUT2D eigenvalue weighted by molar-refractivity contribution is 5.95. The minimum atomic E-state index is -1.60. The quantitative estimate of drug-likeness (QED) is 0.0197. The molecule has 0 aromatic heterocycles. The number of carbonyl (C=O) groups is 6. The fourth-order valence-electron chi connectivity index (χ4n) is 7.67. The maximum absolute atomic E-state index is 16.0. The lowest BCUT2D eigenvalue weighted by Crippen LogP contribution is -2.45. The fourth-order valence-corrected chi connectivity index (χ4v) is 7.67. The number of halogens is 1. The molecule has 0 aliphatic heterocycles. The molecule has 0 radical (unpaired) electrons. The number of rotatable bonds is 25. The Balaban J connectivity index is 1.62. The van der Waals surface area contributed by atoms with Crippen molar-refractivity contribution in [1.82, 2.24) is 0 Å². The van der Waals surface area contributed by atoms with E-state index in [1.54, 1.807) is 68.4 Å². The van der Waals surface area contributed by atoms with Gasteiger partial charge in [0.15, 0.2) is 11.8 Å². The molecule has 0 amide bonds. The molecule has 1 fully saturated rings. The van der Waals surface area contributed by atoms with Gasteiger partial charge in [0, 0.05) is 22.3 Å². The normalized spacial score (nSPS) is 16.2. The molecule has 14 heteroatoms. The largest absolute Gasteiger partial charge is 0.493 e. The first-order valence-corrected chi connectivity index (χ1v) is 23.5. The molecule has 2 unspecified atom stereocenters. The van der Waals surface area contributed by atoms with Crippen LogP contribution in [0.2, 0.25) is 0 Å². The summed E-state index contributed by atoms with van der Waals surface area (Å²) in [6.07, 6.45) is 9.41. The van der Waals surface area contributed by atoms with Crippen LogP contribution in [0.4, 0.5) is 4.39 Å². The van der Waals surface area contributed by atoms with Crippen molar-refractivity contribution in [3.05, 3.63) is 96.3 Å². The smallest absolute Gasteiger partial charge is 0.338 e. The van der Waals surface area contributed by atoms with Gasteiger partial charge in [-0.25, -0.2) is 14.0 Å². The molecule has 0 spiro atoms. The van der Waals surface area contributed by atoms with Crippen LogP contribution < -0.4 is 9.47 Å². The molecule has 0 bridgehead atoms. The first-order valence-electron chi connectivity index (χ1n) is 23.5. The Kier molecular flexibility index (Phi) is 21.0. The maximum atomic E-state index is 16.0. The Bertz CT molecular complexity index is 2220. The predicted molar refractivity (Wildman–Crippen MR) is 254 cm³/mol. The molecule has 0 N–H and O–H groups in total. The summed E-state index contributed by atoms with van der Waals surface area (Å²) in [5.41, 5.74) is 1.60. The van der Waals surface area contributed by atoms with Crippen molar-refractivity contribution >= 4 is 35.8 Å². The second-order valence-electron chi connectivity index (χ2n) is 17.7. The van der Waals surface area contributed by atoms with Gasteiger partial charge in [-0.15, -0.1) is 0 Å². The molecule has 0 heterocycles. The van der Waals surface area contributed by atoms with E-state index in [0.717, 1.165) is 37.2 Å². The summed E-state index contributed by atoms with van der Waals surface area (Å²) >= 11 is 0. The fraction of sp³-hybridized carbons (Fsp3) is 0.481. The minimum absolute atomic E-state index is 0.0269. The van der Waals surface area contributed by atoms with Crippen LogP contribution in [-0.4, -0.2) is 75.5 Å². The van der Waals surface area contributed by atoms with Crippen LogP contribution in [0.3, 0.4) is 0 Å². The first-order chi connectivity index (χ1) is 32.4. The van der Waals surface area contributed by atoms with Crippen LogP contribution in [-0.2, 0) is 52.5 Å². The Morgan fingerprint density at radius 3 is 1.69 bits per heavy atom. The van der Waals surface area contributed by atoms with Crippen molar-refractivity contribution in [2.45, 2.75) is 106 Å². The van der Waals surface area contributed by atoms with Crippen LogP contribution in [0.5, 0.6) is 11.5 Å². The molecule has 368 valence electrons. The average molecular weight is 943 g/mol. The topological polar surface area (TPSA) is 167 Å². The molecule has 1 aliphatic carbocycles. The number of benzene rings is 3. The van der Waals surface area contributed by atoms with Gasteiger partial charge in [-0.1, -0.05) is 82.2 Å². The van der Waals surface area contributed by atoms with Crippen molar-refractivity contribution in [3.8, 4) is 33.8 Å². The number of ether oxygens (including phenoxy) is 7. The molecule has 1 aliphatic rings. The lowest BCUT2D eigenvalue weighted by atomic mass is 9.77. The van der Waals surface area contributed by atoms with Crippen molar-refractivity contribution in [3.63, 3.8) is 0 Å². The molecular formula is C54H67FO13. The molecule has 4 rings (SSSR count). The molecule has 3 aromatic rings. The zero-order chi connectivity index (χ0) is 50.0. The first kappa shape index (κ1) is 54.3. The third kappa shape index (κ3) is 15.6. The molecular weight excluding hydrogens is 876 g/mol. The monoisotopic (exact) mass is 942 g/mol. The van der Waals surface area contributed by atoms with Gasteiger partial charge in [-0.3, -0.25) is 19.2 Å². The summed E-state index contributed by atoms with van der Waals surface area (Å²) in [5.74, 6) is -6.55. The Labute approximate surface area is 399 Å². The van der Waals surface area contributed by atoms with Gasteiger partial charge in [0.05, 0.1) is 13.2 Å². The summed E-state index contributed by atoms with van der Waals surface area (Å²) in [7, 11) is 0. The van der Waals surface area contributed by atoms with Crippen LogP contribution in [0.15, 0.2) is 85.0 Å². The van der Waals surface area contributed by atoms with E-state index in [4.69, 9.17) is 33.2 Å². The number of esters is 6. The maximum Gasteiger partial charge on any atom is 0.338 e. The summed E-state index contributed by atoms with van der Waals surface area (Å²) in [5, 5.41) is 0. The Morgan fingerprint density at radius 1 is 0.632 bits per heavy atom. The van der Waals surface area contributed by atoms with Gasteiger partial charge in [0.25, 0.3) is 0 Å². The lowest BCUT2D eigenvalue weighted by molar-refractivity contribution is -0.171. The lowest BCUT2D eigenvalue weighted by Gasteiger charge is -2.32. The number of hydrogen-bond donors (Lipinski definition) is 0. The zero-order valence-corrected chi connectivity index (χ0v) is 40.6. The van der Waals surface area contributed by atoms with E-state index in [-0.39, 0.29) is 41.7 Å². The number of hydrogen-bond acceptors (Lipinski definition) is 13. The van der Waals surface area contributed by atoms with Gasteiger partial charge in [0.2, 0.25) is 0 Å². The average Bonchev–Trinajstić information content (AvgIpc) is 3.33. The highest BCUT2D eigenvalue weighted by atomic mass is 19.1. The SMILES string of the molecule is C=C(C)C(=O)OCC(COC(=O)C(C)C(=O)OCC)(COC(=O)C(C)C(=O)OCC)COc1ccc(-c2ccc(-c3ccc(C4CCC(CCCCC)CC4)cc3F)cc2OC(=O)C(=C)C)cc1. The van der Waals surface area contributed by atoms with E-state index < -0.39 is 79.5 Å². The summed E-state index contributed by atoms with van der Waals surface area (Å²) in [6, 6.07) is 17.1. The Morgan fingerprint density at radius 2 is 1.16 bits per heavy atom.